The number of pyridine rings is 1. The Bertz CT molecular complexity index is 901. The molecule has 0 spiro atoms. The number of rotatable bonds is 6. The van der Waals surface area contributed by atoms with E-state index in [1.165, 1.54) is 12.1 Å². The maximum absolute atomic E-state index is 12.6. The molecule has 1 fully saturated rings. The first kappa shape index (κ1) is 22.0. The number of non-ortho nitro benzene ring substituents is 1. The van der Waals surface area contributed by atoms with Crippen molar-refractivity contribution in [3.05, 3.63) is 63.8 Å². The second-order valence-electron chi connectivity index (χ2n) is 6.76. The number of benzene rings is 1. The van der Waals surface area contributed by atoms with Crippen LogP contribution in [0, 0.1) is 10.1 Å². The molecule has 0 aliphatic carbocycles. The van der Waals surface area contributed by atoms with Gasteiger partial charge in [0.05, 0.1) is 21.3 Å². The van der Waals surface area contributed by atoms with Crippen molar-refractivity contribution in [2.24, 2.45) is 0 Å². The highest BCUT2D eigenvalue weighted by atomic mass is 32.2. The van der Waals surface area contributed by atoms with Gasteiger partial charge in [-0.3, -0.25) is 19.8 Å². The van der Waals surface area contributed by atoms with E-state index >= 15 is 0 Å². The van der Waals surface area contributed by atoms with E-state index in [2.05, 4.69) is 9.88 Å². The number of aromatic nitrogens is 1. The second-order valence-corrected chi connectivity index (χ2v) is 7.75. The molecule has 2 aromatic rings. The number of nitro benzene ring substituents is 1. The minimum Gasteiger partial charge on any atom is -0.339 e. The van der Waals surface area contributed by atoms with Crippen molar-refractivity contribution in [2.75, 3.05) is 31.9 Å². The first-order valence-corrected chi connectivity index (χ1v) is 10.1. The summed E-state index contributed by atoms with van der Waals surface area (Å²) in [5.41, 5.74) is 0.0705. The Morgan fingerprint density at radius 1 is 1.17 bits per heavy atom. The molecule has 1 aromatic heterocycles. The lowest BCUT2D eigenvalue weighted by molar-refractivity contribution is -0.384. The van der Waals surface area contributed by atoms with Crippen LogP contribution in [0.25, 0.3) is 0 Å². The zero-order valence-electron chi connectivity index (χ0n) is 15.8. The molecule has 30 heavy (non-hydrogen) atoms. The summed E-state index contributed by atoms with van der Waals surface area (Å²) in [6.45, 7) is 2.88. The van der Waals surface area contributed by atoms with E-state index in [0.29, 0.717) is 37.7 Å². The Hall–Kier alpha value is -2.66. The Kier molecular flexibility index (Phi) is 6.93. The average Bonchev–Trinajstić information content (AvgIpc) is 2.72. The van der Waals surface area contributed by atoms with E-state index in [-0.39, 0.29) is 17.3 Å². The van der Waals surface area contributed by atoms with Gasteiger partial charge in [-0.1, -0.05) is 23.9 Å². The Morgan fingerprint density at radius 2 is 1.90 bits per heavy atom. The highest BCUT2D eigenvalue weighted by Gasteiger charge is 2.30. The number of hydrogen-bond acceptors (Lipinski definition) is 6. The third-order valence-corrected chi connectivity index (χ3v) is 5.59. The lowest BCUT2D eigenvalue weighted by Crippen LogP contribution is -2.48. The number of alkyl halides is 3. The second kappa shape index (κ2) is 9.43. The van der Waals surface area contributed by atoms with E-state index in [1.54, 1.807) is 17.0 Å². The Morgan fingerprint density at radius 3 is 2.50 bits per heavy atom. The fraction of sp³-hybridized carbons (Fsp3) is 0.368. The predicted molar refractivity (Wildman–Crippen MR) is 105 cm³/mol. The number of nitrogens with zero attached hydrogens (tertiary/aromatic N) is 4. The molecule has 1 aliphatic heterocycles. The fourth-order valence-corrected chi connectivity index (χ4v) is 3.79. The summed E-state index contributed by atoms with van der Waals surface area (Å²) >= 11 is 1.10. The first-order chi connectivity index (χ1) is 14.2. The molecule has 0 radical (unpaired) electrons. The molecule has 11 heteroatoms. The van der Waals surface area contributed by atoms with Gasteiger partial charge in [0, 0.05) is 51.1 Å². The maximum Gasteiger partial charge on any atom is 0.417 e. The zero-order valence-corrected chi connectivity index (χ0v) is 16.7. The minimum atomic E-state index is -4.43. The molecule has 1 amide bonds. The molecule has 1 saturated heterocycles. The molecule has 3 rings (SSSR count). The van der Waals surface area contributed by atoms with Gasteiger partial charge in [-0.05, 0) is 17.7 Å². The molecule has 1 aliphatic rings. The van der Waals surface area contributed by atoms with Crippen LogP contribution in [0.4, 0.5) is 18.9 Å². The summed E-state index contributed by atoms with van der Waals surface area (Å²) in [6, 6.07) is 8.69. The van der Waals surface area contributed by atoms with Gasteiger partial charge >= 0.3 is 6.18 Å². The number of nitro groups is 1. The standard InChI is InChI=1S/C19H19F3N4O3S/c20-19(21,22)15-4-5-17(23-11-15)30-13-18(27)25-8-6-24(7-9-25)12-14-2-1-3-16(10-14)26(28)29/h1-5,10-11H,6-9,12-13H2. The van der Waals surface area contributed by atoms with Crippen LogP contribution in [0.2, 0.25) is 0 Å². The average molecular weight is 440 g/mol. The van der Waals surface area contributed by atoms with Gasteiger partial charge < -0.3 is 4.90 Å². The number of piperazine rings is 1. The fourth-order valence-electron chi connectivity index (χ4n) is 3.04. The van der Waals surface area contributed by atoms with Crippen molar-refractivity contribution < 1.29 is 22.9 Å². The number of carbonyl (C=O) groups excluding carboxylic acids is 1. The predicted octanol–water partition coefficient (Wildman–Crippen LogP) is 3.45. The minimum absolute atomic E-state index is 0.0511. The zero-order chi connectivity index (χ0) is 21.7. The van der Waals surface area contributed by atoms with Crippen molar-refractivity contribution >= 4 is 23.4 Å². The number of amides is 1. The van der Waals surface area contributed by atoms with Crippen LogP contribution >= 0.6 is 11.8 Å². The molecule has 0 atom stereocenters. The summed E-state index contributed by atoms with van der Waals surface area (Å²) in [7, 11) is 0. The summed E-state index contributed by atoms with van der Waals surface area (Å²) in [4.78, 5) is 30.4. The molecule has 0 saturated carbocycles. The Balaban J connectivity index is 1.45. The molecule has 0 unspecified atom stereocenters. The summed E-state index contributed by atoms with van der Waals surface area (Å²) < 4.78 is 37.7. The van der Waals surface area contributed by atoms with E-state index < -0.39 is 16.7 Å². The normalized spacial score (nSPS) is 15.2. The van der Waals surface area contributed by atoms with Gasteiger partial charge in [-0.15, -0.1) is 0 Å². The van der Waals surface area contributed by atoms with Crippen molar-refractivity contribution in [2.45, 2.75) is 17.7 Å². The summed E-state index contributed by atoms with van der Waals surface area (Å²) in [6.07, 6.45) is -3.67. The van der Waals surface area contributed by atoms with Crippen LogP contribution in [-0.4, -0.2) is 57.5 Å². The molecule has 1 aromatic carbocycles. The quantitative estimate of drug-likeness (QED) is 0.389. The van der Waals surface area contributed by atoms with Gasteiger partial charge in [0.1, 0.15) is 0 Å². The number of hydrogen-bond donors (Lipinski definition) is 0. The van der Waals surface area contributed by atoms with E-state index in [9.17, 15) is 28.1 Å². The molecule has 2 heterocycles. The van der Waals surface area contributed by atoms with Crippen LogP contribution in [-0.2, 0) is 17.5 Å². The number of carbonyl (C=O) groups is 1. The molecule has 7 nitrogen and oxygen atoms in total. The molecule has 160 valence electrons. The monoisotopic (exact) mass is 440 g/mol. The summed E-state index contributed by atoms with van der Waals surface area (Å²) in [5, 5.41) is 11.2. The first-order valence-electron chi connectivity index (χ1n) is 9.12. The third-order valence-electron chi connectivity index (χ3n) is 4.66. The van der Waals surface area contributed by atoms with Crippen LogP contribution in [0.3, 0.4) is 0 Å². The highest BCUT2D eigenvalue weighted by molar-refractivity contribution is 7.99. The van der Waals surface area contributed by atoms with Gasteiger partial charge in [-0.2, -0.15) is 13.2 Å². The van der Waals surface area contributed by atoms with Gasteiger partial charge in [0.15, 0.2) is 0 Å². The third kappa shape index (κ3) is 5.92. The van der Waals surface area contributed by atoms with Crippen LogP contribution in [0.15, 0.2) is 47.6 Å². The lowest BCUT2D eigenvalue weighted by atomic mass is 10.1. The van der Waals surface area contributed by atoms with Gasteiger partial charge in [0.25, 0.3) is 5.69 Å². The molecule has 0 N–H and O–H groups in total. The van der Waals surface area contributed by atoms with Crippen LogP contribution in [0.5, 0.6) is 0 Å². The van der Waals surface area contributed by atoms with Gasteiger partial charge in [0.2, 0.25) is 5.91 Å². The maximum atomic E-state index is 12.6. The number of halogens is 3. The summed E-state index contributed by atoms with van der Waals surface area (Å²) in [5.74, 6) is 0.000160. The SMILES string of the molecule is O=C(CSc1ccc(C(F)(F)F)cn1)N1CCN(Cc2cccc([N+](=O)[O-])c2)CC1. The number of thioether (sulfide) groups is 1. The highest BCUT2D eigenvalue weighted by Crippen LogP contribution is 2.29. The molecular formula is C19H19F3N4O3S. The van der Waals surface area contributed by atoms with Crippen molar-refractivity contribution in [3.63, 3.8) is 0 Å². The van der Waals surface area contributed by atoms with Crippen molar-refractivity contribution in [1.82, 2.24) is 14.8 Å². The Labute approximate surface area is 175 Å². The van der Waals surface area contributed by atoms with E-state index in [1.807, 2.05) is 6.07 Å². The van der Waals surface area contributed by atoms with Gasteiger partial charge in [-0.25, -0.2) is 4.98 Å². The van der Waals surface area contributed by atoms with Crippen molar-refractivity contribution in [3.8, 4) is 0 Å². The van der Waals surface area contributed by atoms with Crippen molar-refractivity contribution in [1.29, 1.82) is 0 Å². The van der Waals surface area contributed by atoms with Crippen LogP contribution < -0.4 is 0 Å². The van der Waals surface area contributed by atoms with E-state index in [0.717, 1.165) is 29.6 Å². The molecular weight excluding hydrogens is 421 g/mol. The lowest BCUT2D eigenvalue weighted by Gasteiger charge is -2.34. The molecule has 0 bridgehead atoms. The largest absolute Gasteiger partial charge is 0.417 e. The van der Waals surface area contributed by atoms with Crippen LogP contribution in [0.1, 0.15) is 11.1 Å². The smallest absolute Gasteiger partial charge is 0.339 e. The topological polar surface area (TPSA) is 79.6 Å². The van der Waals surface area contributed by atoms with E-state index in [4.69, 9.17) is 0 Å².